The molecule has 2 heterocycles. The molecule has 4 aromatic carbocycles. The van der Waals surface area contributed by atoms with Crippen molar-refractivity contribution in [3.63, 3.8) is 0 Å². The monoisotopic (exact) mass is 633 g/mol. The van der Waals surface area contributed by atoms with Crippen LogP contribution in [0.5, 0.6) is 0 Å². The molecule has 0 spiro atoms. The van der Waals surface area contributed by atoms with Gasteiger partial charge in [0.05, 0.1) is 17.7 Å². The number of hydrogen-bond acceptors (Lipinski definition) is 4. The Morgan fingerprint density at radius 3 is 1.56 bits per heavy atom. The number of hydrogen-bond donors (Lipinski definition) is 2. The van der Waals surface area contributed by atoms with Crippen molar-refractivity contribution in [2.45, 2.75) is 13.8 Å². The van der Waals surface area contributed by atoms with E-state index in [1.54, 1.807) is 18.2 Å². The first-order valence-electron chi connectivity index (χ1n) is 13.3. The van der Waals surface area contributed by atoms with Gasteiger partial charge in [-0.25, -0.2) is 4.85 Å². The number of Topliss-reactive ketones (excluding diaryl/α,β-unsaturated/α-hetero) is 2. The SMILES string of the molecule is CC(=O)c1c(-c2ccccc2)c2cc(Br)ccc2[nH]c1=O.[C-]#[N+]c1ccc2[nH]c(=O)c(C(C)=O)c(-c3ccccc3)c2c1.[HH].[HH]. The van der Waals surface area contributed by atoms with Gasteiger partial charge in [-0.2, -0.15) is 0 Å². The molecule has 0 aliphatic heterocycles. The fourth-order valence-corrected chi connectivity index (χ4v) is 5.46. The number of benzene rings is 4. The second kappa shape index (κ2) is 12.2. The Bertz CT molecular complexity index is 2210. The summed E-state index contributed by atoms with van der Waals surface area (Å²) in [6.45, 7) is 9.95. The number of nitrogens with zero attached hydrogens (tertiary/aromatic N) is 1. The van der Waals surface area contributed by atoms with E-state index in [1.807, 2.05) is 78.9 Å². The minimum absolute atomic E-state index is 0. The van der Waals surface area contributed by atoms with Crippen LogP contribution in [-0.2, 0) is 0 Å². The van der Waals surface area contributed by atoms with Gasteiger partial charge in [-0.1, -0.05) is 82.7 Å². The van der Waals surface area contributed by atoms with Gasteiger partial charge in [0.15, 0.2) is 17.3 Å². The van der Waals surface area contributed by atoms with E-state index in [4.69, 9.17) is 6.57 Å². The van der Waals surface area contributed by atoms with E-state index >= 15 is 0 Å². The third-order valence-electron chi connectivity index (χ3n) is 6.93. The van der Waals surface area contributed by atoms with Crippen molar-refractivity contribution in [3.05, 3.63) is 145 Å². The molecule has 6 aromatic rings. The highest BCUT2D eigenvalue weighted by Crippen LogP contribution is 2.33. The van der Waals surface area contributed by atoms with E-state index in [2.05, 4.69) is 30.7 Å². The summed E-state index contributed by atoms with van der Waals surface area (Å²) in [6, 6.07) is 29.4. The normalized spacial score (nSPS) is 10.6. The molecule has 43 heavy (non-hydrogen) atoms. The first-order chi connectivity index (χ1) is 20.7. The molecule has 6 rings (SSSR count). The molecule has 2 N–H and O–H groups in total. The molecule has 0 bridgehead atoms. The molecule has 0 saturated carbocycles. The van der Waals surface area contributed by atoms with Crippen LogP contribution in [0.4, 0.5) is 5.69 Å². The van der Waals surface area contributed by atoms with Crippen molar-refractivity contribution in [2.24, 2.45) is 0 Å². The average Bonchev–Trinajstić information content (AvgIpc) is 3.00. The number of aromatic amines is 2. The maximum atomic E-state index is 12.3. The molecule has 8 heteroatoms. The maximum Gasteiger partial charge on any atom is 0.259 e. The van der Waals surface area contributed by atoms with Gasteiger partial charge in [0.1, 0.15) is 0 Å². The van der Waals surface area contributed by atoms with Crippen molar-refractivity contribution in [1.29, 1.82) is 0 Å². The number of aromatic nitrogens is 2. The van der Waals surface area contributed by atoms with Crippen molar-refractivity contribution in [3.8, 4) is 22.3 Å². The van der Waals surface area contributed by atoms with Gasteiger partial charge in [0.2, 0.25) is 0 Å². The Hall–Kier alpha value is -5.39. The summed E-state index contributed by atoms with van der Waals surface area (Å²) in [6.07, 6.45) is 0. The molecule has 0 aliphatic carbocycles. The lowest BCUT2D eigenvalue weighted by Gasteiger charge is -2.11. The minimum Gasteiger partial charge on any atom is -0.321 e. The first-order valence-corrected chi connectivity index (χ1v) is 14.0. The number of pyridine rings is 2. The molecule has 0 aliphatic rings. The largest absolute Gasteiger partial charge is 0.321 e. The van der Waals surface area contributed by atoms with E-state index in [-0.39, 0.29) is 31.1 Å². The van der Waals surface area contributed by atoms with Gasteiger partial charge in [0, 0.05) is 34.9 Å². The van der Waals surface area contributed by atoms with Gasteiger partial charge in [0.25, 0.3) is 11.1 Å². The summed E-state index contributed by atoms with van der Waals surface area (Å²) >= 11 is 3.44. The molecule has 0 amide bonds. The fraction of sp³-hybridized carbons (Fsp3) is 0.0571. The summed E-state index contributed by atoms with van der Waals surface area (Å²) in [5.74, 6) is -0.535. The Kier molecular flexibility index (Phi) is 8.28. The van der Waals surface area contributed by atoms with E-state index in [1.165, 1.54) is 13.8 Å². The Morgan fingerprint density at radius 1 is 0.674 bits per heavy atom. The summed E-state index contributed by atoms with van der Waals surface area (Å²) in [4.78, 5) is 57.4. The molecule has 0 fully saturated rings. The van der Waals surface area contributed by atoms with Crippen LogP contribution in [0.2, 0.25) is 0 Å². The third-order valence-corrected chi connectivity index (χ3v) is 7.43. The lowest BCUT2D eigenvalue weighted by atomic mass is 9.94. The van der Waals surface area contributed by atoms with Gasteiger partial charge < -0.3 is 9.97 Å². The van der Waals surface area contributed by atoms with E-state index in [0.717, 1.165) is 21.0 Å². The molecule has 0 atom stereocenters. The van der Waals surface area contributed by atoms with Crippen molar-refractivity contribution < 1.29 is 12.4 Å². The van der Waals surface area contributed by atoms with Crippen LogP contribution >= 0.6 is 15.9 Å². The van der Waals surface area contributed by atoms with Crippen molar-refractivity contribution >= 4 is 55.0 Å². The van der Waals surface area contributed by atoms with Crippen molar-refractivity contribution in [2.75, 3.05) is 0 Å². The predicted molar refractivity (Wildman–Crippen MR) is 178 cm³/mol. The first kappa shape index (κ1) is 29.1. The van der Waals surface area contributed by atoms with E-state index in [0.29, 0.717) is 33.2 Å². The number of carbonyl (C=O) groups is 2. The Morgan fingerprint density at radius 2 is 1.12 bits per heavy atom. The number of H-pyrrole nitrogens is 2. The van der Waals surface area contributed by atoms with Crippen LogP contribution < -0.4 is 11.1 Å². The topological polar surface area (TPSA) is 104 Å². The zero-order valence-corrected chi connectivity index (χ0v) is 24.8. The standard InChI is InChI=1S/C18H12N2O2.C17H12BrNO2.2H2/c1-11(21)16-17(12-6-4-3-5-7-12)14-10-13(19-2)8-9-15(14)20-18(16)22;1-10(20)15-16(11-5-3-2-4-6-11)13-9-12(18)7-8-14(13)19-17(15)21;;/h3-10H,1H3,(H,20,22);2-9H,1H3,(H,19,21);2*1H. The molecule has 214 valence electrons. The van der Waals surface area contributed by atoms with Gasteiger partial charge >= 0.3 is 0 Å². The highest BCUT2D eigenvalue weighted by molar-refractivity contribution is 9.10. The van der Waals surface area contributed by atoms with Crippen LogP contribution in [-0.4, -0.2) is 21.5 Å². The molecule has 7 nitrogen and oxygen atoms in total. The lowest BCUT2D eigenvalue weighted by molar-refractivity contribution is 0.100. The summed E-state index contributed by atoms with van der Waals surface area (Å²) < 4.78 is 0.897. The van der Waals surface area contributed by atoms with Crippen LogP contribution in [0.15, 0.2) is 111 Å². The van der Waals surface area contributed by atoms with Crippen LogP contribution in [0.25, 0.3) is 48.9 Å². The third kappa shape index (κ3) is 5.85. The molecule has 0 radical (unpaired) electrons. The molecule has 0 unspecified atom stereocenters. The van der Waals surface area contributed by atoms with Crippen LogP contribution in [0, 0.1) is 6.57 Å². The maximum absolute atomic E-state index is 12.3. The quantitative estimate of drug-likeness (QED) is 0.150. The molecule has 0 saturated heterocycles. The van der Waals surface area contributed by atoms with Crippen LogP contribution in [0.3, 0.4) is 0 Å². The number of ketones is 2. The summed E-state index contributed by atoms with van der Waals surface area (Å²) in [5.41, 5.74) is 4.26. The molecular weight excluding hydrogens is 606 g/mol. The second-order valence-corrected chi connectivity index (χ2v) is 10.7. The minimum atomic E-state index is -0.408. The Balaban J connectivity index is 0.000000235. The Labute approximate surface area is 257 Å². The van der Waals surface area contributed by atoms with Crippen LogP contribution in [0.1, 0.15) is 37.4 Å². The number of fused-ring (bicyclic) bond motifs is 2. The van der Waals surface area contributed by atoms with Crippen molar-refractivity contribution in [1.82, 2.24) is 9.97 Å². The van der Waals surface area contributed by atoms with E-state index in [9.17, 15) is 19.2 Å². The highest BCUT2D eigenvalue weighted by Gasteiger charge is 2.19. The predicted octanol–water partition coefficient (Wildman–Crippen LogP) is 8.60. The second-order valence-electron chi connectivity index (χ2n) is 9.78. The van der Waals surface area contributed by atoms with Gasteiger partial charge in [-0.3, -0.25) is 19.2 Å². The number of nitrogens with one attached hydrogen (secondary N) is 2. The van der Waals surface area contributed by atoms with Gasteiger partial charge in [-0.05, 0) is 60.7 Å². The lowest BCUT2D eigenvalue weighted by Crippen LogP contribution is -2.18. The zero-order chi connectivity index (χ0) is 30.7. The number of halogens is 1. The van der Waals surface area contributed by atoms with E-state index < -0.39 is 5.56 Å². The molecule has 2 aromatic heterocycles. The van der Waals surface area contributed by atoms with Gasteiger partial charge in [-0.15, -0.1) is 0 Å². The number of rotatable bonds is 4. The smallest absolute Gasteiger partial charge is 0.259 e. The summed E-state index contributed by atoms with van der Waals surface area (Å²) in [5, 5.41) is 1.55. The zero-order valence-electron chi connectivity index (χ0n) is 23.2. The summed E-state index contributed by atoms with van der Waals surface area (Å²) in [7, 11) is 0. The fourth-order valence-electron chi connectivity index (χ4n) is 5.10. The molecular formula is C35H28BrN3O4. The average molecular weight is 635 g/mol. The number of carbonyl (C=O) groups excluding carboxylic acids is 2. The highest BCUT2D eigenvalue weighted by atomic mass is 79.9.